The van der Waals surface area contributed by atoms with Gasteiger partial charge in [0.1, 0.15) is 29.6 Å². The van der Waals surface area contributed by atoms with Crippen molar-refractivity contribution in [2.45, 2.75) is 13.5 Å². The van der Waals surface area contributed by atoms with Crippen LogP contribution in [0.2, 0.25) is 0 Å². The van der Waals surface area contributed by atoms with Crippen LogP contribution in [0, 0.1) is 12.7 Å². The van der Waals surface area contributed by atoms with Gasteiger partial charge in [-0.1, -0.05) is 5.16 Å². The van der Waals surface area contributed by atoms with Crippen LogP contribution in [0.15, 0.2) is 34.9 Å². The first kappa shape index (κ1) is 17.6. The summed E-state index contributed by atoms with van der Waals surface area (Å²) in [5.41, 5.74) is 4.88. The van der Waals surface area contributed by atoms with Crippen molar-refractivity contribution in [2.24, 2.45) is 0 Å². The topological polar surface area (TPSA) is 96.3 Å². The Balaban J connectivity index is 1.73. The second kappa shape index (κ2) is 7.36. The summed E-state index contributed by atoms with van der Waals surface area (Å²) < 4.78 is 24.0. The number of nitrogens with zero attached hydrogens (tertiary/aromatic N) is 3. The summed E-state index contributed by atoms with van der Waals surface area (Å²) in [6, 6.07) is 7.45. The molecule has 2 heterocycles. The summed E-state index contributed by atoms with van der Waals surface area (Å²) in [6.45, 7) is 1.90. The Labute approximate surface area is 148 Å². The van der Waals surface area contributed by atoms with Gasteiger partial charge in [0.05, 0.1) is 5.56 Å². The van der Waals surface area contributed by atoms with Crippen LogP contribution in [-0.4, -0.2) is 40.4 Å². The molecule has 0 aliphatic heterocycles. The molecule has 136 valence electrons. The second-order valence-electron chi connectivity index (χ2n) is 5.82. The lowest BCUT2D eigenvalue weighted by Crippen LogP contribution is -2.36. The van der Waals surface area contributed by atoms with Crippen LogP contribution in [0.1, 0.15) is 21.8 Å². The lowest BCUT2D eigenvalue weighted by Gasteiger charge is -2.09. The number of aryl methyl sites for hydroxylation is 1. The van der Waals surface area contributed by atoms with Crippen LogP contribution in [0.25, 0.3) is 11.3 Å². The maximum atomic E-state index is 13.1. The Morgan fingerprint density at radius 2 is 2.08 bits per heavy atom. The molecule has 2 aromatic heterocycles. The highest BCUT2D eigenvalue weighted by molar-refractivity contribution is 5.92. The summed E-state index contributed by atoms with van der Waals surface area (Å²) in [5, 5.41) is 12.1. The van der Waals surface area contributed by atoms with E-state index >= 15 is 0 Å². The number of H-pyrrole nitrogens is 1. The molecule has 0 saturated heterocycles. The van der Waals surface area contributed by atoms with E-state index in [0.717, 1.165) is 11.1 Å². The normalized spacial score (nSPS) is 11.0. The second-order valence-corrected chi connectivity index (χ2v) is 5.82. The van der Waals surface area contributed by atoms with Crippen LogP contribution < -0.4 is 10.2 Å². The van der Waals surface area contributed by atoms with Crippen molar-refractivity contribution in [3.63, 3.8) is 0 Å². The average Bonchev–Trinajstić information content (AvgIpc) is 3.20. The van der Waals surface area contributed by atoms with Gasteiger partial charge in [0, 0.05) is 25.7 Å². The number of amides is 1. The van der Waals surface area contributed by atoms with E-state index in [-0.39, 0.29) is 29.9 Å². The third-order valence-electron chi connectivity index (χ3n) is 3.59. The van der Waals surface area contributed by atoms with Crippen molar-refractivity contribution in [3.05, 3.63) is 53.2 Å². The first-order valence-corrected chi connectivity index (χ1v) is 7.81. The Morgan fingerprint density at radius 3 is 2.77 bits per heavy atom. The number of benzene rings is 1. The zero-order chi connectivity index (χ0) is 18.7. The molecule has 0 unspecified atom stereocenters. The third kappa shape index (κ3) is 3.89. The van der Waals surface area contributed by atoms with Gasteiger partial charge < -0.3 is 9.26 Å². The molecule has 0 aliphatic carbocycles. The zero-order valence-corrected chi connectivity index (χ0v) is 14.5. The van der Waals surface area contributed by atoms with E-state index in [9.17, 15) is 9.18 Å². The van der Waals surface area contributed by atoms with E-state index in [0.29, 0.717) is 11.5 Å². The largest absolute Gasteiger partial charge is 0.472 e. The number of hydrazine groups is 1. The predicted octanol–water partition coefficient (Wildman–Crippen LogP) is 2.30. The van der Waals surface area contributed by atoms with Crippen molar-refractivity contribution in [3.8, 4) is 17.1 Å². The fraction of sp³-hybridized carbons (Fsp3) is 0.235. The number of hydrogen-bond donors (Lipinski definition) is 2. The number of aromatic amines is 1. The minimum absolute atomic E-state index is 0.141. The average molecular weight is 359 g/mol. The summed E-state index contributed by atoms with van der Waals surface area (Å²) in [4.78, 5) is 11.9. The Bertz CT molecular complexity index is 902. The first-order valence-electron chi connectivity index (χ1n) is 7.81. The molecular formula is C17H18FN5O3. The van der Waals surface area contributed by atoms with Crippen molar-refractivity contribution in [1.82, 2.24) is 25.8 Å². The number of carbonyl (C=O) groups excluding carboxylic acids is 1. The molecule has 1 amide bonds. The van der Waals surface area contributed by atoms with E-state index in [4.69, 9.17) is 9.26 Å². The molecule has 0 saturated carbocycles. The minimum atomic E-state index is -0.328. The Kier molecular flexibility index (Phi) is 4.99. The molecule has 0 radical (unpaired) electrons. The van der Waals surface area contributed by atoms with Gasteiger partial charge in [-0.05, 0) is 31.2 Å². The maximum absolute atomic E-state index is 13.1. The highest BCUT2D eigenvalue weighted by Crippen LogP contribution is 2.26. The zero-order valence-electron chi connectivity index (χ0n) is 14.5. The van der Waals surface area contributed by atoms with Crippen LogP contribution in [0.3, 0.4) is 0 Å². The molecule has 3 aromatic rings. The van der Waals surface area contributed by atoms with Gasteiger partial charge in [-0.2, -0.15) is 0 Å². The highest BCUT2D eigenvalue weighted by atomic mass is 19.1. The van der Waals surface area contributed by atoms with E-state index in [1.165, 1.54) is 23.2 Å². The van der Waals surface area contributed by atoms with Gasteiger partial charge >= 0.3 is 0 Å². The smallest absolute Gasteiger partial charge is 0.283 e. The molecule has 0 aliphatic rings. The molecule has 0 bridgehead atoms. The first-order chi connectivity index (χ1) is 12.4. The number of aromatic nitrogens is 3. The molecule has 8 nitrogen and oxygen atoms in total. The van der Waals surface area contributed by atoms with Gasteiger partial charge in [0.2, 0.25) is 5.88 Å². The molecule has 9 heteroatoms. The van der Waals surface area contributed by atoms with Gasteiger partial charge in [-0.15, -0.1) is 5.10 Å². The van der Waals surface area contributed by atoms with Crippen LogP contribution in [-0.2, 0) is 6.61 Å². The number of halogens is 1. The van der Waals surface area contributed by atoms with Crippen molar-refractivity contribution < 1.29 is 18.4 Å². The Morgan fingerprint density at radius 1 is 1.35 bits per heavy atom. The molecule has 1 aromatic carbocycles. The van der Waals surface area contributed by atoms with Crippen LogP contribution in [0.5, 0.6) is 5.88 Å². The maximum Gasteiger partial charge on any atom is 0.283 e. The van der Waals surface area contributed by atoms with E-state index in [2.05, 4.69) is 20.8 Å². The molecule has 0 atom stereocenters. The van der Waals surface area contributed by atoms with Crippen molar-refractivity contribution in [2.75, 3.05) is 14.1 Å². The van der Waals surface area contributed by atoms with E-state index in [1.807, 2.05) is 0 Å². The van der Waals surface area contributed by atoms with E-state index in [1.54, 1.807) is 33.2 Å². The lowest BCUT2D eigenvalue weighted by atomic mass is 10.1. The van der Waals surface area contributed by atoms with Crippen LogP contribution >= 0.6 is 0 Å². The number of hydrogen-bond acceptors (Lipinski definition) is 6. The quantitative estimate of drug-likeness (QED) is 0.656. The fourth-order valence-corrected chi connectivity index (χ4v) is 2.30. The van der Waals surface area contributed by atoms with E-state index < -0.39 is 0 Å². The number of nitrogens with one attached hydrogen (secondary N) is 2. The lowest BCUT2D eigenvalue weighted by molar-refractivity contribution is 0.0851. The molecule has 26 heavy (non-hydrogen) atoms. The van der Waals surface area contributed by atoms with Gasteiger partial charge in [0.25, 0.3) is 5.91 Å². The standard InChI is InChI=1S/C17H18FN5O3/c1-10-13(16(22-26-10)11-4-6-12(18)7-5-11)9-25-15-8-14(19-20-15)17(24)21-23(2)3/h4-8H,9H2,1-3H3,(H,19,20)(H,21,24). The Hall–Kier alpha value is -3.20. The van der Waals surface area contributed by atoms with Crippen molar-refractivity contribution >= 4 is 5.91 Å². The summed E-state index contributed by atoms with van der Waals surface area (Å²) in [7, 11) is 3.41. The number of rotatable bonds is 6. The molecule has 2 N–H and O–H groups in total. The summed E-state index contributed by atoms with van der Waals surface area (Å²) >= 11 is 0. The SMILES string of the molecule is Cc1onc(-c2ccc(F)cc2)c1COc1cc(C(=O)NN(C)C)[nH]n1. The highest BCUT2D eigenvalue weighted by Gasteiger charge is 2.17. The number of carbonyl (C=O) groups is 1. The molecular weight excluding hydrogens is 341 g/mol. The summed E-state index contributed by atoms with van der Waals surface area (Å²) in [5.74, 6) is 0.197. The predicted molar refractivity (Wildman–Crippen MR) is 90.7 cm³/mol. The van der Waals surface area contributed by atoms with Crippen molar-refractivity contribution in [1.29, 1.82) is 0 Å². The molecule has 0 spiro atoms. The van der Waals surface area contributed by atoms with Gasteiger partial charge in [-0.25, -0.2) is 9.40 Å². The molecule has 3 rings (SSSR count). The van der Waals surface area contributed by atoms with Crippen LogP contribution in [0.4, 0.5) is 4.39 Å². The molecule has 0 fully saturated rings. The van der Waals surface area contributed by atoms with Gasteiger partial charge in [-0.3, -0.25) is 15.3 Å². The monoisotopic (exact) mass is 359 g/mol. The summed E-state index contributed by atoms with van der Waals surface area (Å²) in [6.07, 6.45) is 0. The number of ether oxygens (including phenoxy) is 1. The fourth-order valence-electron chi connectivity index (χ4n) is 2.30. The third-order valence-corrected chi connectivity index (χ3v) is 3.59. The minimum Gasteiger partial charge on any atom is -0.472 e. The van der Waals surface area contributed by atoms with Gasteiger partial charge in [0.15, 0.2) is 0 Å².